The fraction of sp³-hybridized carbons (Fsp3) is 0.125. The summed E-state index contributed by atoms with van der Waals surface area (Å²) in [4.78, 5) is 12.2. The van der Waals surface area contributed by atoms with Crippen molar-refractivity contribution in [1.82, 2.24) is 0 Å². The zero-order chi connectivity index (χ0) is 24.9. The first-order chi connectivity index (χ1) is 16.1. The molecule has 0 aliphatic rings. The monoisotopic (exact) mass is 529 g/mol. The highest BCUT2D eigenvalue weighted by Crippen LogP contribution is 2.36. The molecule has 3 rings (SSSR count). The van der Waals surface area contributed by atoms with E-state index < -0.39 is 22.7 Å². The van der Waals surface area contributed by atoms with Crippen molar-refractivity contribution in [3.8, 4) is 11.5 Å². The number of anilines is 1. The van der Waals surface area contributed by atoms with Crippen LogP contribution in [0, 0.1) is 0 Å². The van der Waals surface area contributed by atoms with E-state index in [2.05, 4.69) is 5.32 Å². The SMILES string of the molecule is COc1cc(/C=C/C(=O)Nc2ccc(Cl)c(C(F)(F)F)c2)ccc1OCc1c(Cl)cccc1Cl. The maximum absolute atomic E-state index is 13.0. The van der Waals surface area contributed by atoms with Gasteiger partial charge >= 0.3 is 6.18 Å². The van der Waals surface area contributed by atoms with Crippen LogP contribution in [0.5, 0.6) is 11.5 Å². The third-order valence-corrected chi connectivity index (χ3v) is 5.63. The summed E-state index contributed by atoms with van der Waals surface area (Å²) in [5, 5.41) is 2.87. The lowest BCUT2D eigenvalue weighted by atomic mass is 10.1. The largest absolute Gasteiger partial charge is 0.493 e. The highest BCUT2D eigenvalue weighted by Gasteiger charge is 2.33. The Balaban J connectivity index is 1.69. The molecule has 0 radical (unpaired) electrons. The molecule has 0 bridgehead atoms. The van der Waals surface area contributed by atoms with Crippen molar-refractivity contribution in [2.75, 3.05) is 12.4 Å². The average molecular weight is 531 g/mol. The Bertz CT molecular complexity index is 1210. The summed E-state index contributed by atoms with van der Waals surface area (Å²) in [6, 6.07) is 13.2. The van der Waals surface area contributed by atoms with Gasteiger partial charge in [0.15, 0.2) is 11.5 Å². The molecule has 0 aromatic heterocycles. The molecule has 1 N–H and O–H groups in total. The Hall–Kier alpha value is -2.87. The normalized spacial score (nSPS) is 11.5. The second-order valence-corrected chi connectivity index (χ2v) is 8.14. The van der Waals surface area contributed by atoms with Crippen molar-refractivity contribution in [2.24, 2.45) is 0 Å². The van der Waals surface area contributed by atoms with E-state index in [1.165, 1.54) is 25.3 Å². The first kappa shape index (κ1) is 25.7. The van der Waals surface area contributed by atoms with Gasteiger partial charge in [0.1, 0.15) is 6.61 Å². The number of rotatable bonds is 7. The molecule has 0 aliphatic heterocycles. The second kappa shape index (κ2) is 11.0. The molecule has 1 amide bonds. The van der Waals surface area contributed by atoms with E-state index in [1.54, 1.807) is 36.4 Å². The molecule has 3 aromatic carbocycles. The standard InChI is InChI=1S/C24H17Cl3F3NO3/c1-33-22-11-14(5-9-21(22)34-13-16-18(25)3-2-4-19(16)26)6-10-23(32)31-15-7-8-20(27)17(12-15)24(28,29)30/h2-12H,13H2,1H3,(H,31,32)/b10-6+. The Kier molecular flexibility index (Phi) is 8.36. The van der Waals surface area contributed by atoms with Crippen LogP contribution in [0.15, 0.2) is 60.7 Å². The maximum Gasteiger partial charge on any atom is 0.417 e. The number of amides is 1. The molecule has 0 spiro atoms. The van der Waals surface area contributed by atoms with Crippen molar-refractivity contribution < 1.29 is 27.4 Å². The van der Waals surface area contributed by atoms with Crippen molar-refractivity contribution in [1.29, 1.82) is 0 Å². The summed E-state index contributed by atoms with van der Waals surface area (Å²) in [5.74, 6) is 0.210. The van der Waals surface area contributed by atoms with Crippen LogP contribution >= 0.6 is 34.8 Å². The number of benzene rings is 3. The predicted molar refractivity (Wildman–Crippen MR) is 128 cm³/mol. The number of hydrogen-bond donors (Lipinski definition) is 1. The summed E-state index contributed by atoms with van der Waals surface area (Å²) in [6.07, 6.45) is -1.97. The van der Waals surface area contributed by atoms with Crippen LogP contribution in [-0.2, 0) is 17.6 Å². The molecule has 0 heterocycles. The lowest BCUT2D eigenvalue weighted by molar-refractivity contribution is -0.137. The van der Waals surface area contributed by atoms with Gasteiger partial charge in [0.25, 0.3) is 0 Å². The average Bonchev–Trinajstić information content (AvgIpc) is 2.78. The molecular formula is C24H17Cl3F3NO3. The fourth-order valence-corrected chi connectivity index (χ4v) is 3.63. The minimum Gasteiger partial charge on any atom is -0.493 e. The number of nitrogens with one attached hydrogen (secondary N) is 1. The van der Waals surface area contributed by atoms with Crippen LogP contribution in [-0.4, -0.2) is 13.0 Å². The van der Waals surface area contributed by atoms with Crippen LogP contribution in [0.2, 0.25) is 15.1 Å². The lowest BCUT2D eigenvalue weighted by Gasteiger charge is -2.13. The van der Waals surface area contributed by atoms with Gasteiger partial charge < -0.3 is 14.8 Å². The van der Waals surface area contributed by atoms with Gasteiger partial charge in [0, 0.05) is 27.4 Å². The zero-order valence-electron chi connectivity index (χ0n) is 17.6. The summed E-state index contributed by atoms with van der Waals surface area (Å²) in [5.41, 5.74) is 0.159. The summed E-state index contributed by atoms with van der Waals surface area (Å²) in [6.45, 7) is 0.119. The van der Waals surface area contributed by atoms with E-state index in [0.29, 0.717) is 32.7 Å². The minimum atomic E-state index is -4.63. The number of carbonyl (C=O) groups is 1. The lowest BCUT2D eigenvalue weighted by Crippen LogP contribution is -2.11. The summed E-state index contributed by atoms with van der Waals surface area (Å²) in [7, 11) is 1.46. The molecule has 3 aromatic rings. The Morgan fingerprint density at radius 2 is 1.68 bits per heavy atom. The highest BCUT2D eigenvalue weighted by atomic mass is 35.5. The van der Waals surface area contributed by atoms with Gasteiger partial charge in [-0.3, -0.25) is 4.79 Å². The number of alkyl halides is 3. The summed E-state index contributed by atoms with van der Waals surface area (Å²) >= 11 is 17.9. The third-order valence-electron chi connectivity index (χ3n) is 4.59. The van der Waals surface area contributed by atoms with Crippen molar-refractivity contribution in [3.05, 3.63) is 92.4 Å². The molecule has 10 heteroatoms. The van der Waals surface area contributed by atoms with Crippen molar-refractivity contribution >= 4 is 52.5 Å². The maximum atomic E-state index is 13.0. The van der Waals surface area contributed by atoms with Gasteiger partial charge in [-0.15, -0.1) is 0 Å². The first-order valence-electron chi connectivity index (χ1n) is 9.68. The van der Waals surface area contributed by atoms with Gasteiger partial charge in [-0.25, -0.2) is 0 Å². The van der Waals surface area contributed by atoms with E-state index in [9.17, 15) is 18.0 Å². The zero-order valence-corrected chi connectivity index (χ0v) is 19.8. The highest BCUT2D eigenvalue weighted by molar-refractivity contribution is 6.36. The third kappa shape index (κ3) is 6.59. The molecule has 178 valence electrons. The van der Waals surface area contributed by atoms with E-state index >= 15 is 0 Å². The molecule has 4 nitrogen and oxygen atoms in total. The molecule has 0 saturated heterocycles. The molecule has 0 atom stereocenters. The van der Waals surface area contributed by atoms with Crippen LogP contribution in [0.25, 0.3) is 6.08 Å². The number of hydrogen-bond acceptors (Lipinski definition) is 3. The van der Waals surface area contributed by atoms with E-state index in [1.807, 2.05) is 0 Å². The number of halogens is 6. The first-order valence-corrected chi connectivity index (χ1v) is 10.8. The second-order valence-electron chi connectivity index (χ2n) is 6.91. The van der Waals surface area contributed by atoms with E-state index in [-0.39, 0.29) is 12.3 Å². The minimum absolute atomic E-state index is 0.0362. The van der Waals surface area contributed by atoms with Gasteiger partial charge in [-0.1, -0.05) is 46.9 Å². The van der Waals surface area contributed by atoms with Crippen molar-refractivity contribution in [3.63, 3.8) is 0 Å². The van der Waals surface area contributed by atoms with Gasteiger partial charge in [-0.2, -0.15) is 13.2 Å². The van der Waals surface area contributed by atoms with Crippen LogP contribution in [0.3, 0.4) is 0 Å². The van der Waals surface area contributed by atoms with Crippen LogP contribution in [0.4, 0.5) is 18.9 Å². The topological polar surface area (TPSA) is 47.6 Å². The molecular weight excluding hydrogens is 514 g/mol. The molecule has 0 aliphatic carbocycles. The predicted octanol–water partition coefficient (Wildman–Crippen LogP) is 7.91. The van der Waals surface area contributed by atoms with E-state index in [4.69, 9.17) is 44.3 Å². The quantitative estimate of drug-likeness (QED) is 0.316. The molecule has 0 saturated carbocycles. The smallest absolute Gasteiger partial charge is 0.417 e. The summed E-state index contributed by atoms with van der Waals surface area (Å²) < 4.78 is 50.1. The number of ether oxygens (including phenoxy) is 2. The van der Waals surface area contributed by atoms with E-state index in [0.717, 1.165) is 12.1 Å². The van der Waals surface area contributed by atoms with Crippen LogP contribution in [0.1, 0.15) is 16.7 Å². The Labute approximate surface area is 208 Å². The van der Waals surface area contributed by atoms with Gasteiger partial charge in [-0.05, 0) is 54.1 Å². The number of carbonyl (C=O) groups excluding carboxylic acids is 1. The van der Waals surface area contributed by atoms with Gasteiger partial charge in [0.05, 0.1) is 17.7 Å². The van der Waals surface area contributed by atoms with Crippen LogP contribution < -0.4 is 14.8 Å². The Morgan fingerprint density at radius 1 is 0.971 bits per heavy atom. The molecule has 0 unspecified atom stereocenters. The fourth-order valence-electron chi connectivity index (χ4n) is 2.90. The van der Waals surface area contributed by atoms with Gasteiger partial charge in [0.2, 0.25) is 5.91 Å². The Morgan fingerprint density at radius 3 is 2.32 bits per heavy atom. The molecule has 34 heavy (non-hydrogen) atoms. The van der Waals surface area contributed by atoms with Crippen molar-refractivity contribution in [2.45, 2.75) is 12.8 Å². The molecule has 0 fully saturated rings. The number of methoxy groups -OCH3 is 1.